The first kappa shape index (κ1) is 23.0. The number of ether oxygens (including phenoxy) is 1. The average Bonchev–Trinajstić information content (AvgIpc) is 3.39. The van der Waals surface area contributed by atoms with Gasteiger partial charge in [0.15, 0.2) is 0 Å². The highest BCUT2D eigenvalue weighted by atomic mass is 79.9. The number of carbonyl (C=O) groups is 2. The van der Waals surface area contributed by atoms with Crippen molar-refractivity contribution in [2.45, 2.75) is 38.5 Å². The third-order valence-electron chi connectivity index (χ3n) is 5.61. The number of rotatable bonds is 6. The van der Waals surface area contributed by atoms with Crippen molar-refractivity contribution >= 4 is 34.0 Å². The van der Waals surface area contributed by atoms with Crippen molar-refractivity contribution in [3.8, 4) is 5.75 Å². The maximum Gasteiger partial charge on any atom is 0.379 e. The van der Waals surface area contributed by atoms with Crippen LogP contribution in [0.5, 0.6) is 5.75 Å². The van der Waals surface area contributed by atoms with Crippen molar-refractivity contribution in [2.75, 3.05) is 0 Å². The van der Waals surface area contributed by atoms with E-state index in [0.29, 0.717) is 11.3 Å². The van der Waals surface area contributed by atoms with Crippen LogP contribution >= 0.6 is 15.9 Å². The number of hydrogen-bond donors (Lipinski definition) is 1. The minimum absolute atomic E-state index is 0.0959. The number of nitrogens with zero attached hydrogens (tertiary/aromatic N) is 1. The topological polar surface area (TPSA) is 80.9 Å². The molecule has 1 N–H and O–H groups in total. The van der Waals surface area contributed by atoms with E-state index in [4.69, 9.17) is 9.15 Å². The second-order valence-electron chi connectivity index (χ2n) is 9.10. The van der Waals surface area contributed by atoms with Gasteiger partial charge in [0.25, 0.3) is 0 Å². The van der Waals surface area contributed by atoms with Crippen LogP contribution in [0.1, 0.15) is 60.4 Å². The summed E-state index contributed by atoms with van der Waals surface area (Å²) in [6.07, 6.45) is 3.67. The Labute approximate surface area is 201 Å². The Bertz CT molecular complexity index is 1180. The Morgan fingerprint density at radius 2 is 1.91 bits per heavy atom. The Morgan fingerprint density at radius 3 is 2.58 bits per heavy atom. The van der Waals surface area contributed by atoms with Crippen LogP contribution in [0.25, 0.3) is 0 Å². The van der Waals surface area contributed by atoms with Crippen LogP contribution in [0.15, 0.2) is 74.9 Å². The molecule has 1 amide bonds. The minimum Gasteiger partial charge on any atom is -0.457 e. The smallest absolute Gasteiger partial charge is 0.379 e. The Kier molecular flexibility index (Phi) is 6.51. The molecule has 0 radical (unpaired) electrons. The van der Waals surface area contributed by atoms with Gasteiger partial charge in [0, 0.05) is 16.0 Å². The highest BCUT2D eigenvalue weighted by Crippen LogP contribution is 2.47. The van der Waals surface area contributed by atoms with Crippen LogP contribution in [-0.4, -0.2) is 18.1 Å². The number of furan rings is 1. The fraction of sp³-hybridized carbons (Fsp3) is 0.269. The number of amides is 1. The molecular weight excluding hydrogens is 484 g/mol. The molecule has 0 spiro atoms. The molecule has 0 unspecified atom stereocenters. The summed E-state index contributed by atoms with van der Waals surface area (Å²) in [4.78, 5) is 24.8. The molecule has 0 bridgehead atoms. The van der Waals surface area contributed by atoms with Crippen LogP contribution in [0.2, 0.25) is 0 Å². The number of hydrazone groups is 1. The van der Waals surface area contributed by atoms with Gasteiger partial charge in [-0.3, -0.25) is 4.79 Å². The Hall–Kier alpha value is -3.19. The van der Waals surface area contributed by atoms with Crippen LogP contribution in [0.4, 0.5) is 0 Å². The number of carbonyl (C=O) groups excluding carboxylic acids is 2. The normalized spacial score (nSPS) is 17.7. The molecule has 7 heteroatoms. The van der Waals surface area contributed by atoms with Crippen molar-refractivity contribution < 1.29 is 18.7 Å². The second-order valence-corrected chi connectivity index (χ2v) is 10.0. The summed E-state index contributed by atoms with van der Waals surface area (Å²) < 4.78 is 11.3. The zero-order valence-corrected chi connectivity index (χ0v) is 20.3. The molecular formula is C26H25BrN2O4. The van der Waals surface area contributed by atoms with Gasteiger partial charge < -0.3 is 9.15 Å². The van der Waals surface area contributed by atoms with E-state index in [1.807, 2.05) is 0 Å². The fourth-order valence-corrected chi connectivity index (χ4v) is 3.97. The largest absolute Gasteiger partial charge is 0.457 e. The Balaban J connectivity index is 1.37. The van der Waals surface area contributed by atoms with E-state index in [-0.39, 0.29) is 28.9 Å². The second kappa shape index (κ2) is 9.35. The van der Waals surface area contributed by atoms with Crippen molar-refractivity contribution in [1.82, 2.24) is 5.43 Å². The molecule has 1 saturated carbocycles. The molecule has 3 aromatic rings. The standard InChI is InChI=1S/C26H25BrN2O4/c1-26(2,3)18-8-6-16(7-9-18)20-14-21(20)24(30)29-28-15-17-13-19(27)10-11-22(17)33-25(31)23-5-4-12-32-23/h4-13,15,20-21H,14H2,1-3H3,(H,29,30)/t20-,21+/m0/s1. The first-order chi connectivity index (χ1) is 15.7. The van der Waals surface area contributed by atoms with E-state index in [0.717, 1.165) is 10.9 Å². The van der Waals surface area contributed by atoms with Crippen LogP contribution in [-0.2, 0) is 10.2 Å². The third kappa shape index (κ3) is 5.60. The van der Waals surface area contributed by atoms with Crippen molar-refractivity contribution in [2.24, 2.45) is 11.0 Å². The van der Waals surface area contributed by atoms with Gasteiger partial charge in [0.2, 0.25) is 11.7 Å². The summed E-state index contributed by atoms with van der Waals surface area (Å²) in [6, 6.07) is 16.8. The highest BCUT2D eigenvalue weighted by molar-refractivity contribution is 9.10. The van der Waals surface area contributed by atoms with Gasteiger partial charge in [-0.1, -0.05) is 61.0 Å². The van der Waals surface area contributed by atoms with Gasteiger partial charge in [0.1, 0.15) is 5.75 Å². The number of benzene rings is 2. The van der Waals surface area contributed by atoms with Crippen molar-refractivity contribution in [3.63, 3.8) is 0 Å². The van der Waals surface area contributed by atoms with Crippen LogP contribution in [0.3, 0.4) is 0 Å². The lowest BCUT2D eigenvalue weighted by Crippen LogP contribution is -2.20. The summed E-state index contributed by atoms with van der Waals surface area (Å²) in [7, 11) is 0. The highest BCUT2D eigenvalue weighted by Gasteiger charge is 2.44. The SMILES string of the molecule is CC(C)(C)c1ccc([C@@H]2C[C@H]2C(=O)NN=Cc2cc(Br)ccc2OC(=O)c2ccco2)cc1. The molecule has 170 valence electrons. The van der Waals surface area contributed by atoms with Crippen molar-refractivity contribution in [3.05, 3.63) is 87.8 Å². The quantitative estimate of drug-likeness (QED) is 0.197. The third-order valence-corrected chi connectivity index (χ3v) is 6.10. The number of hydrogen-bond acceptors (Lipinski definition) is 5. The Morgan fingerprint density at radius 1 is 1.15 bits per heavy atom. The molecule has 2 aromatic carbocycles. The monoisotopic (exact) mass is 508 g/mol. The molecule has 2 atom stereocenters. The summed E-state index contributed by atoms with van der Waals surface area (Å²) in [5.74, 6) is -0.212. The van der Waals surface area contributed by atoms with Gasteiger partial charge in [-0.05, 0) is 59.2 Å². The van der Waals surface area contributed by atoms with Gasteiger partial charge >= 0.3 is 5.97 Å². The molecule has 1 aromatic heterocycles. The maximum absolute atomic E-state index is 12.6. The fourth-order valence-electron chi connectivity index (χ4n) is 3.59. The number of esters is 1. The van der Waals surface area contributed by atoms with E-state index in [1.54, 1.807) is 24.3 Å². The molecule has 4 rings (SSSR count). The zero-order chi connectivity index (χ0) is 23.6. The predicted octanol–water partition coefficient (Wildman–Crippen LogP) is 5.81. The first-order valence-electron chi connectivity index (χ1n) is 10.7. The van der Waals surface area contributed by atoms with Gasteiger partial charge in [-0.2, -0.15) is 5.10 Å². The van der Waals surface area contributed by atoms with E-state index in [9.17, 15) is 9.59 Å². The van der Waals surface area contributed by atoms with Gasteiger partial charge in [-0.25, -0.2) is 10.2 Å². The molecule has 0 aliphatic heterocycles. The number of halogens is 1. The average molecular weight is 509 g/mol. The molecule has 1 aliphatic carbocycles. The van der Waals surface area contributed by atoms with E-state index in [2.05, 4.69) is 71.5 Å². The molecule has 1 heterocycles. The van der Waals surface area contributed by atoms with E-state index < -0.39 is 5.97 Å². The molecule has 33 heavy (non-hydrogen) atoms. The predicted molar refractivity (Wildman–Crippen MR) is 130 cm³/mol. The lowest BCUT2D eigenvalue weighted by Gasteiger charge is -2.19. The van der Waals surface area contributed by atoms with Gasteiger partial charge in [-0.15, -0.1) is 0 Å². The lowest BCUT2D eigenvalue weighted by atomic mass is 9.86. The minimum atomic E-state index is -0.612. The maximum atomic E-state index is 12.6. The first-order valence-corrected chi connectivity index (χ1v) is 11.5. The van der Waals surface area contributed by atoms with E-state index in [1.165, 1.54) is 29.7 Å². The number of nitrogens with one attached hydrogen (secondary N) is 1. The van der Waals surface area contributed by atoms with Crippen molar-refractivity contribution in [1.29, 1.82) is 0 Å². The molecule has 1 fully saturated rings. The van der Waals surface area contributed by atoms with Gasteiger partial charge in [0.05, 0.1) is 12.5 Å². The molecule has 1 aliphatic rings. The van der Waals surface area contributed by atoms with E-state index >= 15 is 0 Å². The summed E-state index contributed by atoms with van der Waals surface area (Å²) in [5, 5.41) is 4.09. The lowest BCUT2D eigenvalue weighted by molar-refractivity contribution is -0.122. The van der Waals surface area contributed by atoms with Crippen LogP contribution < -0.4 is 10.2 Å². The zero-order valence-electron chi connectivity index (χ0n) is 18.7. The molecule has 6 nitrogen and oxygen atoms in total. The summed E-state index contributed by atoms with van der Waals surface area (Å²) in [5.41, 5.74) is 5.70. The summed E-state index contributed by atoms with van der Waals surface area (Å²) in [6.45, 7) is 6.55. The summed E-state index contributed by atoms with van der Waals surface area (Å²) >= 11 is 3.40. The van der Waals surface area contributed by atoms with Crippen LogP contribution in [0, 0.1) is 5.92 Å². The molecule has 0 saturated heterocycles.